The number of ether oxygens (including phenoxy) is 1. The predicted molar refractivity (Wildman–Crippen MR) is 90.5 cm³/mol. The highest BCUT2D eigenvalue weighted by Crippen LogP contribution is 2.13. The van der Waals surface area contributed by atoms with Crippen molar-refractivity contribution in [2.45, 2.75) is 26.2 Å². The first-order valence-corrected chi connectivity index (χ1v) is 7.71. The minimum Gasteiger partial charge on any atom is -0.484 e. The molecule has 0 aliphatic rings. The third-order valence-corrected chi connectivity index (χ3v) is 3.20. The number of carbonyl (C=O) groups is 1. The molecule has 120 valence electrons. The average Bonchev–Trinajstić information content (AvgIpc) is 2.60. The summed E-state index contributed by atoms with van der Waals surface area (Å²) in [6.07, 6.45) is 8.30. The Hall–Kier alpha value is -2.69. The van der Waals surface area contributed by atoms with Gasteiger partial charge in [-0.25, -0.2) is 5.43 Å². The van der Waals surface area contributed by atoms with E-state index in [4.69, 9.17) is 4.74 Å². The van der Waals surface area contributed by atoms with Gasteiger partial charge in [-0.05, 0) is 36.6 Å². The Balaban J connectivity index is 1.72. The molecule has 0 bridgehead atoms. The Labute approximate surface area is 136 Å². The predicted octanol–water partition coefficient (Wildman–Crippen LogP) is 2.95. The molecule has 23 heavy (non-hydrogen) atoms. The SMILES string of the molecule is CCCCc1ccc(OCC(=O)N/N=C/c2cccnc2)cc1. The molecule has 0 aliphatic heterocycles. The molecule has 0 saturated carbocycles. The second-order valence-corrected chi connectivity index (χ2v) is 5.12. The van der Waals surface area contributed by atoms with E-state index < -0.39 is 0 Å². The maximum absolute atomic E-state index is 11.6. The van der Waals surface area contributed by atoms with Gasteiger partial charge in [0.25, 0.3) is 5.91 Å². The zero-order valence-electron chi connectivity index (χ0n) is 13.2. The van der Waals surface area contributed by atoms with Gasteiger partial charge in [0, 0.05) is 18.0 Å². The lowest BCUT2D eigenvalue weighted by Gasteiger charge is -2.06. The van der Waals surface area contributed by atoms with Gasteiger partial charge in [-0.1, -0.05) is 31.5 Å². The molecule has 0 saturated heterocycles. The van der Waals surface area contributed by atoms with Crippen LogP contribution in [-0.4, -0.2) is 23.7 Å². The number of amides is 1. The second kappa shape index (κ2) is 9.35. The molecule has 0 aliphatic carbocycles. The monoisotopic (exact) mass is 311 g/mol. The van der Waals surface area contributed by atoms with E-state index in [-0.39, 0.29) is 12.5 Å². The molecule has 0 unspecified atom stereocenters. The number of pyridine rings is 1. The summed E-state index contributed by atoms with van der Waals surface area (Å²) in [4.78, 5) is 15.6. The van der Waals surface area contributed by atoms with Crippen molar-refractivity contribution in [1.29, 1.82) is 0 Å². The number of nitrogens with one attached hydrogen (secondary N) is 1. The summed E-state index contributed by atoms with van der Waals surface area (Å²) in [5, 5.41) is 3.86. The Bertz CT molecular complexity index is 624. The van der Waals surface area contributed by atoms with Crippen molar-refractivity contribution in [3.05, 3.63) is 59.9 Å². The van der Waals surface area contributed by atoms with E-state index in [1.54, 1.807) is 18.5 Å². The van der Waals surface area contributed by atoms with Gasteiger partial charge in [-0.15, -0.1) is 0 Å². The summed E-state index contributed by atoms with van der Waals surface area (Å²) in [5.74, 6) is 0.372. The van der Waals surface area contributed by atoms with E-state index in [1.165, 1.54) is 24.6 Å². The number of aromatic nitrogens is 1. The molecule has 1 heterocycles. The number of benzene rings is 1. The number of nitrogens with zero attached hydrogens (tertiary/aromatic N) is 2. The fraction of sp³-hybridized carbons (Fsp3) is 0.278. The van der Waals surface area contributed by atoms with Crippen LogP contribution in [0.1, 0.15) is 30.9 Å². The van der Waals surface area contributed by atoms with E-state index in [0.717, 1.165) is 12.0 Å². The van der Waals surface area contributed by atoms with E-state index in [1.807, 2.05) is 30.3 Å². The van der Waals surface area contributed by atoms with Crippen molar-refractivity contribution in [2.24, 2.45) is 5.10 Å². The highest BCUT2D eigenvalue weighted by Gasteiger charge is 2.01. The molecule has 1 aromatic heterocycles. The lowest BCUT2D eigenvalue weighted by molar-refractivity contribution is -0.123. The van der Waals surface area contributed by atoms with Gasteiger partial charge < -0.3 is 4.74 Å². The van der Waals surface area contributed by atoms with Crippen molar-refractivity contribution in [3.63, 3.8) is 0 Å². The highest BCUT2D eigenvalue weighted by molar-refractivity contribution is 5.82. The van der Waals surface area contributed by atoms with Gasteiger partial charge in [0.05, 0.1) is 6.21 Å². The summed E-state index contributed by atoms with van der Waals surface area (Å²) < 4.78 is 5.43. The largest absolute Gasteiger partial charge is 0.484 e. The number of hydrogen-bond acceptors (Lipinski definition) is 4. The molecule has 1 amide bonds. The van der Waals surface area contributed by atoms with Crippen LogP contribution in [0, 0.1) is 0 Å². The Kier molecular flexibility index (Phi) is 6.78. The number of hydrazone groups is 1. The third kappa shape index (κ3) is 6.30. The molecule has 0 fully saturated rings. The molecule has 0 spiro atoms. The Morgan fingerprint density at radius 2 is 2.13 bits per heavy atom. The van der Waals surface area contributed by atoms with Crippen LogP contribution in [-0.2, 0) is 11.2 Å². The van der Waals surface area contributed by atoms with Crippen LogP contribution in [0.5, 0.6) is 5.75 Å². The molecular formula is C18H21N3O2. The van der Waals surface area contributed by atoms with Crippen molar-refractivity contribution >= 4 is 12.1 Å². The molecule has 1 aromatic carbocycles. The molecule has 2 aromatic rings. The van der Waals surface area contributed by atoms with Gasteiger partial charge in [-0.3, -0.25) is 9.78 Å². The van der Waals surface area contributed by atoms with Gasteiger partial charge in [0.2, 0.25) is 0 Å². The zero-order chi connectivity index (χ0) is 16.3. The highest BCUT2D eigenvalue weighted by atomic mass is 16.5. The number of aryl methyl sites for hydroxylation is 1. The van der Waals surface area contributed by atoms with Crippen LogP contribution in [0.4, 0.5) is 0 Å². The van der Waals surface area contributed by atoms with Crippen LogP contribution in [0.25, 0.3) is 0 Å². The lowest BCUT2D eigenvalue weighted by atomic mass is 10.1. The average molecular weight is 311 g/mol. The first kappa shape index (κ1) is 16.7. The Morgan fingerprint density at radius 1 is 1.30 bits per heavy atom. The molecular weight excluding hydrogens is 290 g/mol. The van der Waals surface area contributed by atoms with Crippen LogP contribution in [0.3, 0.4) is 0 Å². The summed E-state index contributed by atoms with van der Waals surface area (Å²) in [7, 11) is 0. The minimum atomic E-state index is -0.305. The lowest BCUT2D eigenvalue weighted by Crippen LogP contribution is -2.24. The number of hydrogen-bond donors (Lipinski definition) is 1. The van der Waals surface area contributed by atoms with E-state index >= 15 is 0 Å². The fourth-order valence-electron chi connectivity index (χ4n) is 1.95. The topological polar surface area (TPSA) is 63.6 Å². The smallest absolute Gasteiger partial charge is 0.277 e. The van der Waals surface area contributed by atoms with E-state index in [2.05, 4.69) is 22.4 Å². The van der Waals surface area contributed by atoms with E-state index in [9.17, 15) is 4.79 Å². The normalized spacial score (nSPS) is 10.7. The van der Waals surface area contributed by atoms with E-state index in [0.29, 0.717) is 5.75 Å². The third-order valence-electron chi connectivity index (χ3n) is 3.20. The first-order valence-electron chi connectivity index (χ1n) is 7.71. The van der Waals surface area contributed by atoms with Crippen LogP contribution in [0.15, 0.2) is 53.9 Å². The van der Waals surface area contributed by atoms with Crippen molar-refractivity contribution in [3.8, 4) is 5.75 Å². The molecule has 0 atom stereocenters. The number of rotatable bonds is 8. The van der Waals surface area contributed by atoms with Crippen LogP contribution >= 0.6 is 0 Å². The van der Waals surface area contributed by atoms with Crippen molar-refractivity contribution in [1.82, 2.24) is 10.4 Å². The summed E-state index contributed by atoms with van der Waals surface area (Å²) >= 11 is 0. The quantitative estimate of drug-likeness (QED) is 0.602. The maximum atomic E-state index is 11.6. The Morgan fingerprint density at radius 3 is 2.83 bits per heavy atom. The van der Waals surface area contributed by atoms with Gasteiger partial charge in [0.1, 0.15) is 5.75 Å². The first-order chi connectivity index (χ1) is 11.3. The van der Waals surface area contributed by atoms with Crippen LogP contribution in [0.2, 0.25) is 0 Å². The molecule has 0 radical (unpaired) electrons. The molecule has 5 nitrogen and oxygen atoms in total. The van der Waals surface area contributed by atoms with Crippen molar-refractivity contribution < 1.29 is 9.53 Å². The second-order valence-electron chi connectivity index (χ2n) is 5.12. The molecule has 1 N–H and O–H groups in total. The standard InChI is InChI=1S/C18H21N3O2/c1-2-3-5-15-7-9-17(10-8-15)23-14-18(22)21-20-13-16-6-4-11-19-12-16/h4,6-13H,2-3,5,14H2,1H3,(H,21,22)/b20-13+. The summed E-state index contributed by atoms with van der Waals surface area (Å²) in [6, 6.07) is 11.5. The fourth-order valence-corrected chi connectivity index (χ4v) is 1.95. The summed E-state index contributed by atoms with van der Waals surface area (Å²) in [5.41, 5.74) is 4.52. The number of unbranched alkanes of at least 4 members (excludes halogenated alkanes) is 1. The van der Waals surface area contributed by atoms with Crippen LogP contribution < -0.4 is 10.2 Å². The van der Waals surface area contributed by atoms with Crippen molar-refractivity contribution in [2.75, 3.05) is 6.61 Å². The maximum Gasteiger partial charge on any atom is 0.277 e. The zero-order valence-corrected chi connectivity index (χ0v) is 13.2. The van der Waals surface area contributed by atoms with Gasteiger partial charge >= 0.3 is 0 Å². The minimum absolute atomic E-state index is 0.0707. The van der Waals surface area contributed by atoms with Gasteiger partial charge in [0.15, 0.2) is 6.61 Å². The van der Waals surface area contributed by atoms with Gasteiger partial charge in [-0.2, -0.15) is 5.10 Å². The summed E-state index contributed by atoms with van der Waals surface area (Å²) in [6.45, 7) is 2.10. The molecule has 5 heteroatoms. The molecule has 2 rings (SSSR count). The number of carbonyl (C=O) groups excluding carboxylic acids is 1.